The third kappa shape index (κ3) is 3.93. The van der Waals surface area contributed by atoms with E-state index < -0.39 is 10.0 Å². The number of sulfonamides is 1. The maximum atomic E-state index is 12.9. The van der Waals surface area contributed by atoms with Crippen LogP contribution in [0.4, 0.5) is 0 Å². The van der Waals surface area contributed by atoms with E-state index in [1.54, 1.807) is 22.5 Å². The standard InChI is InChI=1S/C16H25NO4S/c1-12(2)10-17(11-13(3)4)22(18,19)14-5-6-15-16(9-14)21-8-7-20-15/h5-6,9,12-13H,7-8,10-11H2,1-4H3. The van der Waals surface area contributed by atoms with E-state index in [2.05, 4.69) is 0 Å². The van der Waals surface area contributed by atoms with Gasteiger partial charge in [0.15, 0.2) is 11.5 Å². The number of fused-ring (bicyclic) bond motifs is 1. The zero-order valence-electron chi connectivity index (χ0n) is 13.7. The van der Waals surface area contributed by atoms with Gasteiger partial charge in [0.1, 0.15) is 13.2 Å². The molecule has 1 aromatic rings. The van der Waals surface area contributed by atoms with Gasteiger partial charge in [-0.05, 0) is 24.0 Å². The van der Waals surface area contributed by atoms with Crippen molar-refractivity contribution in [2.45, 2.75) is 32.6 Å². The lowest BCUT2D eigenvalue weighted by Crippen LogP contribution is -2.37. The van der Waals surface area contributed by atoms with Crippen LogP contribution in [0.25, 0.3) is 0 Å². The van der Waals surface area contributed by atoms with Gasteiger partial charge in [-0.3, -0.25) is 0 Å². The molecule has 0 aromatic heterocycles. The van der Waals surface area contributed by atoms with E-state index in [1.165, 1.54) is 0 Å². The van der Waals surface area contributed by atoms with Crippen LogP contribution in [0.1, 0.15) is 27.7 Å². The van der Waals surface area contributed by atoms with Crippen LogP contribution in [0.15, 0.2) is 23.1 Å². The molecule has 0 N–H and O–H groups in total. The number of nitrogens with zero attached hydrogens (tertiary/aromatic N) is 1. The van der Waals surface area contributed by atoms with Crippen LogP contribution in [0, 0.1) is 11.8 Å². The van der Waals surface area contributed by atoms with Crippen molar-refractivity contribution in [3.05, 3.63) is 18.2 Å². The normalized spacial score (nSPS) is 14.9. The molecule has 0 spiro atoms. The van der Waals surface area contributed by atoms with E-state index in [0.717, 1.165) is 0 Å². The average molecular weight is 327 g/mol. The van der Waals surface area contributed by atoms with Crippen LogP contribution >= 0.6 is 0 Å². The summed E-state index contributed by atoms with van der Waals surface area (Å²) in [5.41, 5.74) is 0. The summed E-state index contributed by atoms with van der Waals surface area (Å²) in [4.78, 5) is 0.262. The number of benzene rings is 1. The molecule has 0 saturated heterocycles. The summed E-state index contributed by atoms with van der Waals surface area (Å²) in [6.45, 7) is 10.0. The molecule has 22 heavy (non-hydrogen) atoms. The molecule has 1 heterocycles. The summed E-state index contributed by atoms with van der Waals surface area (Å²) in [5, 5.41) is 0. The lowest BCUT2D eigenvalue weighted by Gasteiger charge is -2.26. The molecule has 0 radical (unpaired) electrons. The van der Waals surface area contributed by atoms with Gasteiger partial charge in [0.05, 0.1) is 4.90 Å². The van der Waals surface area contributed by atoms with Crippen LogP contribution < -0.4 is 9.47 Å². The van der Waals surface area contributed by atoms with Gasteiger partial charge >= 0.3 is 0 Å². The Labute approximate surface area is 133 Å². The van der Waals surface area contributed by atoms with E-state index in [9.17, 15) is 8.42 Å². The Balaban J connectivity index is 2.33. The minimum Gasteiger partial charge on any atom is -0.486 e. The first-order valence-electron chi connectivity index (χ1n) is 7.70. The van der Waals surface area contributed by atoms with Crippen molar-refractivity contribution in [2.24, 2.45) is 11.8 Å². The summed E-state index contributed by atoms with van der Waals surface area (Å²) in [6.07, 6.45) is 0. The third-order valence-electron chi connectivity index (χ3n) is 3.29. The summed E-state index contributed by atoms with van der Waals surface area (Å²) in [6, 6.07) is 4.83. The molecule has 0 fully saturated rings. The molecule has 0 atom stereocenters. The first-order chi connectivity index (χ1) is 10.3. The lowest BCUT2D eigenvalue weighted by molar-refractivity contribution is 0.171. The highest BCUT2D eigenvalue weighted by Crippen LogP contribution is 2.33. The second-order valence-electron chi connectivity index (χ2n) is 6.42. The van der Waals surface area contributed by atoms with Gasteiger partial charge in [-0.1, -0.05) is 27.7 Å². The molecule has 124 valence electrons. The van der Waals surface area contributed by atoms with E-state index in [4.69, 9.17) is 9.47 Å². The van der Waals surface area contributed by atoms with E-state index in [-0.39, 0.29) is 16.7 Å². The molecule has 0 unspecified atom stereocenters. The second-order valence-corrected chi connectivity index (χ2v) is 8.35. The first kappa shape index (κ1) is 17.1. The highest BCUT2D eigenvalue weighted by molar-refractivity contribution is 7.89. The fourth-order valence-corrected chi connectivity index (χ4v) is 4.20. The smallest absolute Gasteiger partial charge is 0.243 e. The number of hydrogen-bond donors (Lipinski definition) is 0. The van der Waals surface area contributed by atoms with Gasteiger partial charge in [-0.25, -0.2) is 8.42 Å². The minimum absolute atomic E-state index is 0.262. The molecule has 0 bridgehead atoms. The van der Waals surface area contributed by atoms with Gasteiger partial charge < -0.3 is 9.47 Å². The number of ether oxygens (including phenoxy) is 2. The molecular formula is C16H25NO4S. The van der Waals surface area contributed by atoms with Gasteiger partial charge in [0.25, 0.3) is 0 Å². The van der Waals surface area contributed by atoms with Crippen LogP contribution in [0.5, 0.6) is 11.5 Å². The summed E-state index contributed by atoms with van der Waals surface area (Å²) < 4.78 is 38.3. The predicted molar refractivity (Wildman–Crippen MR) is 85.9 cm³/mol. The molecule has 0 amide bonds. The lowest BCUT2D eigenvalue weighted by atomic mass is 10.2. The van der Waals surface area contributed by atoms with Gasteiger partial charge in [-0.2, -0.15) is 4.31 Å². The second kappa shape index (κ2) is 6.87. The monoisotopic (exact) mass is 327 g/mol. The van der Waals surface area contributed by atoms with Crippen molar-refractivity contribution < 1.29 is 17.9 Å². The fraction of sp³-hybridized carbons (Fsp3) is 0.625. The van der Waals surface area contributed by atoms with E-state index in [1.807, 2.05) is 27.7 Å². The molecule has 1 aliphatic heterocycles. The molecule has 1 aliphatic rings. The highest BCUT2D eigenvalue weighted by atomic mass is 32.2. The Bertz CT molecular complexity index is 601. The SMILES string of the molecule is CC(C)CN(CC(C)C)S(=O)(=O)c1ccc2c(c1)OCCO2. The molecule has 6 heteroatoms. The van der Waals surface area contributed by atoms with Gasteiger partial charge in [0, 0.05) is 19.2 Å². The van der Waals surface area contributed by atoms with E-state index >= 15 is 0 Å². The van der Waals surface area contributed by atoms with Crippen LogP contribution in [0.3, 0.4) is 0 Å². The van der Waals surface area contributed by atoms with Crippen molar-refractivity contribution in [2.75, 3.05) is 26.3 Å². The molecule has 2 rings (SSSR count). The molecule has 5 nitrogen and oxygen atoms in total. The Hall–Kier alpha value is -1.27. The topological polar surface area (TPSA) is 55.8 Å². The molecule has 0 saturated carbocycles. The largest absolute Gasteiger partial charge is 0.486 e. The Morgan fingerprint density at radius 2 is 1.55 bits per heavy atom. The zero-order valence-corrected chi connectivity index (χ0v) is 14.5. The number of rotatable bonds is 6. The van der Waals surface area contributed by atoms with Crippen molar-refractivity contribution in [1.29, 1.82) is 0 Å². The summed E-state index contributed by atoms with van der Waals surface area (Å²) in [5.74, 6) is 1.64. The number of hydrogen-bond acceptors (Lipinski definition) is 4. The van der Waals surface area contributed by atoms with Crippen molar-refractivity contribution in [3.63, 3.8) is 0 Å². The Kier molecular flexibility index (Phi) is 5.34. The predicted octanol–water partition coefficient (Wildman–Crippen LogP) is 2.76. The third-order valence-corrected chi connectivity index (χ3v) is 5.12. The fourth-order valence-electron chi connectivity index (χ4n) is 2.42. The van der Waals surface area contributed by atoms with Gasteiger partial charge in [0.2, 0.25) is 10.0 Å². The van der Waals surface area contributed by atoms with Crippen LogP contribution in [-0.4, -0.2) is 39.0 Å². The first-order valence-corrected chi connectivity index (χ1v) is 9.14. The van der Waals surface area contributed by atoms with Gasteiger partial charge in [-0.15, -0.1) is 0 Å². The molecule has 1 aromatic carbocycles. The average Bonchev–Trinajstić information content (AvgIpc) is 2.45. The highest BCUT2D eigenvalue weighted by Gasteiger charge is 2.27. The maximum Gasteiger partial charge on any atom is 0.243 e. The van der Waals surface area contributed by atoms with Crippen LogP contribution in [-0.2, 0) is 10.0 Å². The summed E-state index contributed by atoms with van der Waals surface area (Å²) >= 11 is 0. The Morgan fingerprint density at radius 1 is 1.00 bits per heavy atom. The Morgan fingerprint density at radius 3 is 2.09 bits per heavy atom. The van der Waals surface area contributed by atoms with Crippen molar-refractivity contribution in [3.8, 4) is 11.5 Å². The minimum atomic E-state index is -3.53. The van der Waals surface area contributed by atoms with Crippen molar-refractivity contribution >= 4 is 10.0 Å². The quantitative estimate of drug-likeness (QED) is 0.806. The molecular weight excluding hydrogens is 302 g/mol. The van der Waals surface area contributed by atoms with Crippen molar-refractivity contribution in [1.82, 2.24) is 4.31 Å². The maximum absolute atomic E-state index is 12.9. The van der Waals surface area contributed by atoms with E-state index in [0.29, 0.717) is 37.8 Å². The summed E-state index contributed by atoms with van der Waals surface area (Å²) in [7, 11) is -3.53. The van der Waals surface area contributed by atoms with Crippen LogP contribution in [0.2, 0.25) is 0 Å². The zero-order chi connectivity index (χ0) is 16.3. The molecule has 0 aliphatic carbocycles.